The normalized spacial score (nSPS) is 27.2. The van der Waals surface area contributed by atoms with Gasteiger partial charge in [-0.25, -0.2) is 0 Å². The van der Waals surface area contributed by atoms with Gasteiger partial charge in [-0.2, -0.15) is 5.10 Å². The molecule has 17 heavy (non-hydrogen) atoms. The van der Waals surface area contributed by atoms with Crippen molar-refractivity contribution < 1.29 is 0 Å². The van der Waals surface area contributed by atoms with E-state index in [2.05, 4.69) is 29.3 Å². The topological polar surface area (TPSA) is 42.2 Å². The molecule has 0 spiro atoms. The largest absolute Gasteiger partial charge is 0.362 e. The summed E-state index contributed by atoms with van der Waals surface area (Å²) in [5.41, 5.74) is 2.27. The van der Waals surface area contributed by atoms with Crippen LogP contribution in [0.15, 0.2) is 11.2 Å². The van der Waals surface area contributed by atoms with Crippen LogP contribution in [0.1, 0.15) is 31.5 Å². The number of amidine groups is 1. The van der Waals surface area contributed by atoms with E-state index in [0.717, 1.165) is 10.9 Å². The summed E-state index contributed by atoms with van der Waals surface area (Å²) in [6.07, 6.45) is 3.25. The Bertz CT molecular complexity index is 412. The van der Waals surface area contributed by atoms with Crippen LogP contribution in [0.3, 0.4) is 0 Å². The third-order valence-electron chi connectivity index (χ3n) is 2.88. The number of hydrogen-bond donors (Lipinski definition) is 1. The van der Waals surface area contributed by atoms with Crippen LogP contribution in [0.4, 0.5) is 0 Å². The summed E-state index contributed by atoms with van der Waals surface area (Å²) < 4.78 is 1.84. The molecular weight excluding hydrogens is 232 g/mol. The smallest absolute Gasteiger partial charge is 0.157 e. The van der Waals surface area contributed by atoms with Crippen molar-refractivity contribution >= 4 is 16.9 Å². The van der Waals surface area contributed by atoms with Crippen LogP contribution in [0.25, 0.3) is 0 Å². The van der Waals surface area contributed by atoms with E-state index in [1.165, 1.54) is 12.0 Å². The van der Waals surface area contributed by atoms with E-state index in [9.17, 15) is 0 Å². The lowest BCUT2D eigenvalue weighted by Gasteiger charge is -2.26. The van der Waals surface area contributed by atoms with E-state index in [1.54, 1.807) is 0 Å². The molecule has 0 saturated carbocycles. The van der Waals surface area contributed by atoms with Crippen molar-refractivity contribution in [3.63, 3.8) is 0 Å². The number of aromatic nitrogens is 2. The Labute approximate surface area is 107 Å². The molecule has 2 atom stereocenters. The van der Waals surface area contributed by atoms with Gasteiger partial charge in [0.1, 0.15) is 0 Å². The minimum Gasteiger partial charge on any atom is -0.362 e. The third-order valence-corrected chi connectivity index (χ3v) is 3.94. The van der Waals surface area contributed by atoms with Crippen LogP contribution in [0, 0.1) is 6.92 Å². The van der Waals surface area contributed by atoms with Gasteiger partial charge in [-0.15, -0.1) is 0 Å². The zero-order chi connectivity index (χ0) is 12.4. The fraction of sp³-hybridized carbons (Fsp3) is 0.667. The fourth-order valence-electron chi connectivity index (χ4n) is 2.08. The Kier molecular flexibility index (Phi) is 3.76. The first-order valence-electron chi connectivity index (χ1n) is 6.01. The maximum atomic E-state index is 4.64. The van der Waals surface area contributed by atoms with Gasteiger partial charge >= 0.3 is 0 Å². The molecule has 2 rings (SSSR count). The number of rotatable bonds is 2. The van der Waals surface area contributed by atoms with Gasteiger partial charge in [-0.3, -0.25) is 9.67 Å². The third kappa shape index (κ3) is 3.25. The summed E-state index contributed by atoms with van der Waals surface area (Å²) in [6.45, 7) is 7.21. The van der Waals surface area contributed by atoms with E-state index in [0.29, 0.717) is 17.8 Å². The SMILES string of the molecule is Cc1nn(C)cc1CN=C1NC(C)CC(C)S1. The fourth-order valence-corrected chi connectivity index (χ4v) is 3.26. The average Bonchev–Trinajstić information content (AvgIpc) is 2.53. The van der Waals surface area contributed by atoms with E-state index in [4.69, 9.17) is 0 Å². The molecule has 0 aromatic carbocycles. The van der Waals surface area contributed by atoms with Crippen LogP contribution in [0.5, 0.6) is 0 Å². The molecule has 2 unspecified atom stereocenters. The standard InChI is InChI=1S/C12H20N4S/c1-8-5-9(2)17-12(14-8)13-6-11-7-16(4)15-10(11)3/h7-9H,5-6H2,1-4H3,(H,13,14). The molecule has 0 bridgehead atoms. The predicted octanol–water partition coefficient (Wildman–Crippen LogP) is 2.09. The lowest BCUT2D eigenvalue weighted by molar-refractivity contribution is 0.597. The summed E-state index contributed by atoms with van der Waals surface area (Å²) in [5.74, 6) is 0. The quantitative estimate of drug-likeness (QED) is 0.876. The second-order valence-electron chi connectivity index (χ2n) is 4.74. The molecule has 2 heterocycles. The van der Waals surface area contributed by atoms with Crippen molar-refractivity contribution in [2.45, 2.75) is 45.0 Å². The predicted molar refractivity (Wildman–Crippen MR) is 73.4 cm³/mol. The maximum Gasteiger partial charge on any atom is 0.157 e. The molecule has 1 fully saturated rings. The van der Waals surface area contributed by atoms with Gasteiger partial charge in [0.05, 0.1) is 12.2 Å². The molecule has 1 aromatic heterocycles. The number of aryl methyl sites for hydroxylation is 2. The Morgan fingerprint density at radius 1 is 1.59 bits per heavy atom. The summed E-state index contributed by atoms with van der Waals surface area (Å²) >= 11 is 1.83. The Balaban J connectivity index is 2.02. The lowest BCUT2D eigenvalue weighted by atomic mass is 10.2. The van der Waals surface area contributed by atoms with Gasteiger partial charge in [0.15, 0.2) is 5.17 Å². The highest BCUT2D eigenvalue weighted by molar-refractivity contribution is 8.14. The van der Waals surface area contributed by atoms with E-state index in [1.807, 2.05) is 36.6 Å². The number of thioether (sulfide) groups is 1. The second kappa shape index (κ2) is 5.12. The average molecular weight is 252 g/mol. The maximum absolute atomic E-state index is 4.64. The van der Waals surface area contributed by atoms with Gasteiger partial charge in [-0.1, -0.05) is 18.7 Å². The van der Waals surface area contributed by atoms with Gasteiger partial charge in [-0.05, 0) is 20.3 Å². The van der Waals surface area contributed by atoms with E-state index < -0.39 is 0 Å². The summed E-state index contributed by atoms with van der Waals surface area (Å²) in [5, 5.41) is 9.48. The van der Waals surface area contributed by atoms with Crippen molar-refractivity contribution in [2.75, 3.05) is 0 Å². The summed E-state index contributed by atoms with van der Waals surface area (Å²) in [4.78, 5) is 4.64. The van der Waals surface area contributed by atoms with Crippen molar-refractivity contribution in [3.05, 3.63) is 17.5 Å². The summed E-state index contributed by atoms with van der Waals surface area (Å²) in [7, 11) is 1.95. The highest BCUT2D eigenvalue weighted by Gasteiger charge is 2.19. The monoisotopic (exact) mass is 252 g/mol. The van der Waals surface area contributed by atoms with Gasteiger partial charge in [0, 0.05) is 30.1 Å². The lowest BCUT2D eigenvalue weighted by Crippen LogP contribution is -2.38. The van der Waals surface area contributed by atoms with E-state index in [-0.39, 0.29) is 0 Å². The molecule has 0 aliphatic carbocycles. The highest BCUT2D eigenvalue weighted by Crippen LogP contribution is 2.22. The first-order chi connectivity index (χ1) is 8.04. The minimum atomic E-state index is 0.528. The molecular formula is C12H20N4S. The molecule has 94 valence electrons. The number of nitrogens with one attached hydrogen (secondary N) is 1. The van der Waals surface area contributed by atoms with Crippen molar-refractivity contribution in [1.82, 2.24) is 15.1 Å². The first-order valence-corrected chi connectivity index (χ1v) is 6.89. The number of aliphatic imine (C=N–C) groups is 1. The van der Waals surface area contributed by atoms with Crippen LogP contribution in [-0.4, -0.2) is 26.2 Å². The van der Waals surface area contributed by atoms with E-state index >= 15 is 0 Å². The number of nitrogens with zero attached hydrogens (tertiary/aromatic N) is 3. The summed E-state index contributed by atoms with van der Waals surface area (Å²) in [6, 6.07) is 0.528. The molecule has 0 amide bonds. The Hall–Kier alpha value is -0.970. The Morgan fingerprint density at radius 2 is 2.35 bits per heavy atom. The molecule has 1 aromatic rings. The molecule has 0 radical (unpaired) electrons. The van der Waals surface area contributed by atoms with Gasteiger partial charge in [0.25, 0.3) is 0 Å². The van der Waals surface area contributed by atoms with Crippen LogP contribution in [0.2, 0.25) is 0 Å². The van der Waals surface area contributed by atoms with Crippen LogP contribution >= 0.6 is 11.8 Å². The molecule has 4 nitrogen and oxygen atoms in total. The van der Waals surface area contributed by atoms with Gasteiger partial charge in [0.2, 0.25) is 0 Å². The van der Waals surface area contributed by atoms with Crippen molar-refractivity contribution in [1.29, 1.82) is 0 Å². The van der Waals surface area contributed by atoms with Crippen molar-refractivity contribution in [3.8, 4) is 0 Å². The minimum absolute atomic E-state index is 0.528. The first kappa shape index (κ1) is 12.5. The zero-order valence-electron chi connectivity index (χ0n) is 10.9. The molecule has 5 heteroatoms. The molecule has 1 N–H and O–H groups in total. The Morgan fingerprint density at radius 3 is 2.94 bits per heavy atom. The van der Waals surface area contributed by atoms with Crippen LogP contribution in [-0.2, 0) is 13.6 Å². The number of hydrogen-bond acceptors (Lipinski definition) is 3. The molecule has 1 aliphatic heterocycles. The van der Waals surface area contributed by atoms with Gasteiger partial charge < -0.3 is 5.32 Å². The molecule has 1 aliphatic rings. The van der Waals surface area contributed by atoms with Crippen molar-refractivity contribution in [2.24, 2.45) is 12.0 Å². The zero-order valence-corrected chi connectivity index (χ0v) is 11.7. The van der Waals surface area contributed by atoms with Crippen LogP contribution < -0.4 is 5.32 Å². The molecule has 1 saturated heterocycles. The highest BCUT2D eigenvalue weighted by atomic mass is 32.2. The second-order valence-corrected chi connectivity index (χ2v) is 6.17.